The van der Waals surface area contributed by atoms with Crippen molar-refractivity contribution in [3.05, 3.63) is 36.0 Å². The summed E-state index contributed by atoms with van der Waals surface area (Å²) in [6.07, 6.45) is 3.98. The van der Waals surface area contributed by atoms with Crippen molar-refractivity contribution >= 4 is 29.4 Å². The number of rotatable bonds is 4. The Labute approximate surface area is 129 Å². The van der Waals surface area contributed by atoms with Gasteiger partial charge in [0.25, 0.3) is 5.91 Å². The maximum atomic E-state index is 12.8. The number of para-hydroxylation sites is 2. The van der Waals surface area contributed by atoms with Gasteiger partial charge in [0, 0.05) is 19.5 Å². The van der Waals surface area contributed by atoms with Crippen molar-refractivity contribution in [3.8, 4) is 0 Å². The summed E-state index contributed by atoms with van der Waals surface area (Å²) in [6, 6.07) is 6.68. The third kappa shape index (κ3) is 2.86. The number of hydrogen-bond acceptors (Lipinski definition) is 4. The molecule has 1 aliphatic rings. The highest BCUT2D eigenvalue weighted by molar-refractivity contribution is 6.23. The lowest BCUT2D eigenvalue weighted by molar-refractivity contribution is -0.122. The topological polar surface area (TPSA) is 87.8 Å². The number of benzene rings is 1. The molecule has 22 heavy (non-hydrogen) atoms. The standard InChI is InChI=1S/C16H20N4O2/c1-3-6-14-15(21)19-12-7-4-5-8-13(12)20(14)16(22)11(9-17)10-18-2/h4-5,7-10,14H,3,6,17H2,1-2H3,(H,19,21)/t14-/m0/s1. The Bertz CT molecular complexity index is 637. The van der Waals surface area contributed by atoms with E-state index >= 15 is 0 Å². The van der Waals surface area contributed by atoms with Crippen molar-refractivity contribution in [2.24, 2.45) is 10.7 Å². The average molecular weight is 300 g/mol. The minimum absolute atomic E-state index is 0.182. The lowest BCUT2D eigenvalue weighted by atomic mass is 10.0. The molecule has 0 unspecified atom stereocenters. The lowest BCUT2D eigenvalue weighted by Crippen LogP contribution is -2.51. The summed E-state index contributed by atoms with van der Waals surface area (Å²) in [5.74, 6) is -0.507. The molecule has 1 aliphatic heterocycles. The van der Waals surface area contributed by atoms with Crippen molar-refractivity contribution in [2.45, 2.75) is 25.8 Å². The van der Waals surface area contributed by atoms with E-state index in [1.54, 1.807) is 13.1 Å². The summed E-state index contributed by atoms with van der Waals surface area (Å²) in [5.41, 5.74) is 7.10. The Morgan fingerprint density at radius 3 is 2.82 bits per heavy atom. The van der Waals surface area contributed by atoms with E-state index in [0.717, 1.165) is 6.42 Å². The van der Waals surface area contributed by atoms with Gasteiger partial charge in [0.15, 0.2) is 0 Å². The molecule has 0 saturated carbocycles. The molecule has 1 atom stereocenters. The molecule has 0 bridgehead atoms. The highest BCUT2D eigenvalue weighted by Gasteiger charge is 2.36. The fourth-order valence-corrected chi connectivity index (χ4v) is 2.52. The molecule has 6 nitrogen and oxygen atoms in total. The van der Waals surface area contributed by atoms with Gasteiger partial charge in [0.2, 0.25) is 5.91 Å². The quantitative estimate of drug-likeness (QED) is 0.655. The molecular formula is C16H20N4O2. The van der Waals surface area contributed by atoms with Gasteiger partial charge in [-0.05, 0) is 18.6 Å². The first-order chi connectivity index (χ1) is 10.6. The molecular weight excluding hydrogens is 280 g/mol. The summed E-state index contributed by atoms with van der Waals surface area (Å²) >= 11 is 0. The minimum Gasteiger partial charge on any atom is -0.404 e. The molecule has 0 fully saturated rings. The van der Waals surface area contributed by atoms with Crippen LogP contribution in [0, 0.1) is 0 Å². The molecule has 0 aromatic heterocycles. The van der Waals surface area contributed by atoms with E-state index in [9.17, 15) is 9.59 Å². The van der Waals surface area contributed by atoms with Crippen molar-refractivity contribution in [3.63, 3.8) is 0 Å². The summed E-state index contributed by atoms with van der Waals surface area (Å²) in [6.45, 7) is 1.98. The zero-order valence-corrected chi connectivity index (χ0v) is 12.7. The first-order valence-electron chi connectivity index (χ1n) is 7.21. The normalized spacial score (nSPS) is 18.3. The molecule has 6 heteroatoms. The maximum Gasteiger partial charge on any atom is 0.262 e. The van der Waals surface area contributed by atoms with Gasteiger partial charge in [-0.1, -0.05) is 25.5 Å². The summed E-state index contributed by atoms with van der Waals surface area (Å²) in [4.78, 5) is 30.5. The second-order valence-electron chi connectivity index (χ2n) is 5.00. The highest BCUT2D eigenvalue weighted by Crippen LogP contribution is 2.33. The number of fused-ring (bicyclic) bond motifs is 1. The molecule has 0 radical (unpaired) electrons. The zero-order chi connectivity index (χ0) is 16.1. The van der Waals surface area contributed by atoms with E-state index in [1.807, 2.05) is 25.1 Å². The van der Waals surface area contributed by atoms with E-state index in [0.29, 0.717) is 17.8 Å². The van der Waals surface area contributed by atoms with Gasteiger partial charge < -0.3 is 11.1 Å². The molecule has 0 aliphatic carbocycles. The molecule has 0 spiro atoms. The van der Waals surface area contributed by atoms with E-state index in [4.69, 9.17) is 5.73 Å². The van der Waals surface area contributed by atoms with Crippen LogP contribution >= 0.6 is 0 Å². The number of nitrogens with one attached hydrogen (secondary N) is 1. The Balaban J connectivity index is 2.51. The number of aliphatic imine (C=N–C) groups is 1. The van der Waals surface area contributed by atoms with Gasteiger partial charge in [0.1, 0.15) is 6.04 Å². The third-order valence-electron chi connectivity index (χ3n) is 3.51. The molecule has 2 rings (SSSR count). The van der Waals surface area contributed by atoms with E-state index in [2.05, 4.69) is 10.3 Å². The average Bonchev–Trinajstić information content (AvgIpc) is 2.53. The zero-order valence-electron chi connectivity index (χ0n) is 12.7. The molecule has 0 saturated heterocycles. The smallest absolute Gasteiger partial charge is 0.262 e. The van der Waals surface area contributed by atoms with Crippen LogP contribution in [0.2, 0.25) is 0 Å². The Kier molecular flexibility index (Phi) is 4.93. The van der Waals surface area contributed by atoms with Crippen LogP contribution in [0.4, 0.5) is 11.4 Å². The number of hydrogen-bond donors (Lipinski definition) is 2. The second kappa shape index (κ2) is 6.89. The van der Waals surface area contributed by atoms with Crippen LogP contribution < -0.4 is 16.0 Å². The Hall–Kier alpha value is -2.63. The van der Waals surface area contributed by atoms with Gasteiger partial charge in [0.05, 0.1) is 16.9 Å². The summed E-state index contributed by atoms with van der Waals surface area (Å²) in [7, 11) is 1.57. The van der Waals surface area contributed by atoms with Crippen molar-refractivity contribution < 1.29 is 9.59 Å². The first-order valence-corrected chi connectivity index (χ1v) is 7.21. The van der Waals surface area contributed by atoms with E-state index < -0.39 is 6.04 Å². The fourth-order valence-electron chi connectivity index (χ4n) is 2.52. The highest BCUT2D eigenvalue weighted by atomic mass is 16.2. The monoisotopic (exact) mass is 300 g/mol. The number of carbonyl (C=O) groups excluding carboxylic acids is 2. The minimum atomic E-state index is -0.549. The van der Waals surface area contributed by atoms with Crippen LogP contribution in [0.1, 0.15) is 19.8 Å². The van der Waals surface area contributed by atoms with Gasteiger partial charge in [-0.25, -0.2) is 0 Å². The first kappa shape index (κ1) is 15.8. The molecule has 2 amide bonds. The fraction of sp³-hybridized carbons (Fsp3) is 0.312. The van der Waals surface area contributed by atoms with Crippen LogP contribution in [0.15, 0.2) is 41.0 Å². The van der Waals surface area contributed by atoms with E-state index in [-0.39, 0.29) is 17.4 Å². The Morgan fingerprint density at radius 2 is 2.18 bits per heavy atom. The predicted octanol–water partition coefficient (Wildman–Crippen LogP) is 1.68. The van der Waals surface area contributed by atoms with Crippen molar-refractivity contribution in [1.29, 1.82) is 0 Å². The van der Waals surface area contributed by atoms with Crippen molar-refractivity contribution in [1.82, 2.24) is 0 Å². The van der Waals surface area contributed by atoms with Crippen LogP contribution in [0.5, 0.6) is 0 Å². The van der Waals surface area contributed by atoms with Crippen LogP contribution in [-0.4, -0.2) is 31.1 Å². The molecule has 3 N–H and O–H groups in total. The van der Waals surface area contributed by atoms with Gasteiger partial charge in [-0.15, -0.1) is 0 Å². The number of amides is 2. The van der Waals surface area contributed by atoms with Crippen LogP contribution in [0.25, 0.3) is 0 Å². The second-order valence-corrected chi connectivity index (χ2v) is 5.00. The molecule has 116 valence electrons. The van der Waals surface area contributed by atoms with Crippen molar-refractivity contribution in [2.75, 3.05) is 17.3 Å². The number of anilines is 2. The van der Waals surface area contributed by atoms with Gasteiger partial charge in [-0.3, -0.25) is 19.5 Å². The Morgan fingerprint density at radius 1 is 1.45 bits per heavy atom. The SMILES string of the molecule is CCC[C@H]1C(=O)Nc2ccccc2N1C(=O)C(C=NC)=CN. The number of nitrogens with two attached hydrogens (primary N) is 1. The number of carbonyl (C=O) groups is 2. The predicted molar refractivity (Wildman–Crippen MR) is 87.9 cm³/mol. The third-order valence-corrected chi connectivity index (χ3v) is 3.51. The molecule has 1 aromatic rings. The van der Waals surface area contributed by atoms with Gasteiger partial charge >= 0.3 is 0 Å². The largest absolute Gasteiger partial charge is 0.404 e. The van der Waals surface area contributed by atoms with Crippen LogP contribution in [0.3, 0.4) is 0 Å². The van der Waals surface area contributed by atoms with Crippen LogP contribution in [-0.2, 0) is 9.59 Å². The molecule has 1 heterocycles. The van der Waals surface area contributed by atoms with Gasteiger partial charge in [-0.2, -0.15) is 0 Å². The van der Waals surface area contributed by atoms with E-state index in [1.165, 1.54) is 17.3 Å². The summed E-state index contributed by atoms with van der Waals surface area (Å²) < 4.78 is 0. The number of nitrogens with zero attached hydrogens (tertiary/aromatic N) is 2. The lowest BCUT2D eigenvalue weighted by Gasteiger charge is -2.36. The molecule has 1 aromatic carbocycles. The summed E-state index contributed by atoms with van der Waals surface area (Å²) in [5, 5.41) is 2.85. The maximum absolute atomic E-state index is 12.8.